The molecular formula is C25H35Cl2N5O. The highest BCUT2D eigenvalue weighted by Crippen LogP contribution is 2.25. The number of nitrogens with zero attached hydrogens (tertiary/aromatic N) is 3. The van der Waals surface area contributed by atoms with E-state index in [0.29, 0.717) is 18.2 Å². The fourth-order valence-electron chi connectivity index (χ4n) is 4.70. The number of benzene rings is 2. The molecule has 0 bridgehead atoms. The summed E-state index contributed by atoms with van der Waals surface area (Å²) in [6.45, 7) is 4.71. The molecule has 0 saturated carbocycles. The Morgan fingerprint density at radius 2 is 1.64 bits per heavy atom. The molecule has 2 saturated heterocycles. The van der Waals surface area contributed by atoms with E-state index in [0.717, 1.165) is 64.0 Å². The monoisotopic (exact) mass is 491 g/mol. The molecule has 0 unspecified atom stereocenters. The summed E-state index contributed by atoms with van der Waals surface area (Å²) in [6.07, 6.45) is 5.16. The molecule has 6 nitrogen and oxygen atoms in total. The van der Waals surface area contributed by atoms with E-state index in [1.54, 1.807) is 0 Å². The third-order valence-electron chi connectivity index (χ3n) is 6.53. The van der Waals surface area contributed by atoms with E-state index >= 15 is 0 Å². The van der Waals surface area contributed by atoms with Crippen LogP contribution >= 0.6 is 24.8 Å². The first-order chi connectivity index (χ1) is 15.1. The Hall–Kier alpha value is -2.28. The summed E-state index contributed by atoms with van der Waals surface area (Å²) in [4.78, 5) is 20.0. The lowest BCUT2D eigenvalue weighted by Gasteiger charge is -2.39. The predicted octanol–water partition coefficient (Wildman–Crippen LogP) is 4.54. The number of nitrogens with one attached hydrogen (secondary N) is 1. The van der Waals surface area contributed by atoms with Crippen molar-refractivity contribution in [2.45, 2.75) is 38.1 Å². The zero-order valence-corrected chi connectivity index (χ0v) is 20.6. The van der Waals surface area contributed by atoms with Crippen LogP contribution in [0.2, 0.25) is 0 Å². The number of rotatable bonds is 6. The van der Waals surface area contributed by atoms with Gasteiger partial charge in [0.25, 0.3) is 0 Å². The Bertz CT molecular complexity index is 903. The van der Waals surface area contributed by atoms with E-state index in [9.17, 15) is 4.79 Å². The van der Waals surface area contributed by atoms with Gasteiger partial charge in [-0.15, -0.1) is 24.8 Å². The summed E-state index contributed by atoms with van der Waals surface area (Å²) < 4.78 is 0. The minimum absolute atomic E-state index is 0. The number of urea groups is 1. The van der Waals surface area contributed by atoms with Crippen molar-refractivity contribution in [1.82, 2.24) is 9.80 Å². The summed E-state index contributed by atoms with van der Waals surface area (Å²) in [5.41, 5.74) is 8.54. The number of amides is 2. The minimum atomic E-state index is 0. The summed E-state index contributed by atoms with van der Waals surface area (Å²) in [6, 6.07) is 18.5. The SMILES string of the molecule is Cl.Cl.N=C(N)c1cccc(N2CCCCN(C3CCN(CCc4ccccc4)CC3)C2=O)c1. The van der Waals surface area contributed by atoms with Gasteiger partial charge >= 0.3 is 6.03 Å². The Labute approximate surface area is 209 Å². The molecule has 8 heteroatoms. The summed E-state index contributed by atoms with van der Waals surface area (Å²) in [7, 11) is 0. The standard InChI is InChI=1S/C25H33N5O.2ClH/c26-24(27)21-9-6-10-23(19-21)30-15-5-4-14-29(25(30)31)22-12-17-28(18-13-22)16-11-20-7-2-1-3-8-20;;/h1-3,6-10,19,22H,4-5,11-18H2,(H3,26,27);2*1H. The molecule has 0 spiro atoms. The van der Waals surface area contributed by atoms with Crippen LogP contribution in [0, 0.1) is 5.41 Å². The molecule has 2 aromatic rings. The molecule has 0 atom stereocenters. The number of hydrogen-bond acceptors (Lipinski definition) is 3. The number of piperidine rings is 1. The van der Waals surface area contributed by atoms with Crippen LogP contribution in [0.25, 0.3) is 0 Å². The molecule has 4 rings (SSSR count). The van der Waals surface area contributed by atoms with E-state index < -0.39 is 0 Å². The molecule has 2 fully saturated rings. The molecular weight excluding hydrogens is 457 g/mol. The van der Waals surface area contributed by atoms with Crippen LogP contribution in [-0.2, 0) is 6.42 Å². The molecule has 2 aliphatic heterocycles. The van der Waals surface area contributed by atoms with Crippen molar-refractivity contribution in [2.75, 3.05) is 37.6 Å². The Morgan fingerprint density at radius 3 is 2.33 bits per heavy atom. The van der Waals surface area contributed by atoms with Gasteiger partial charge in [-0.05, 0) is 49.8 Å². The number of amidine groups is 1. The van der Waals surface area contributed by atoms with Crippen molar-refractivity contribution in [2.24, 2.45) is 5.73 Å². The second kappa shape index (κ2) is 12.8. The zero-order chi connectivity index (χ0) is 21.6. The van der Waals surface area contributed by atoms with Crippen molar-refractivity contribution in [3.63, 3.8) is 0 Å². The van der Waals surface area contributed by atoms with E-state index in [1.165, 1.54) is 5.56 Å². The average Bonchev–Trinajstić information content (AvgIpc) is 3.00. The molecule has 0 aliphatic carbocycles. The van der Waals surface area contributed by atoms with Crippen molar-refractivity contribution in [3.05, 3.63) is 65.7 Å². The fraction of sp³-hybridized carbons (Fsp3) is 0.440. The lowest BCUT2D eigenvalue weighted by molar-refractivity contribution is 0.126. The fourth-order valence-corrected chi connectivity index (χ4v) is 4.70. The van der Waals surface area contributed by atoms with Gasteiger partial charge in [0.05, 0.1) is 0 Å². The zero-order valence-electron chi connectivity index (χ0n) is 19.0. The normalized spacial score (nSPS) is 17.6. The number of anilines is 1. The van der Waals surface area contributed by atoms with Gasteiger partial charge in [0, 0.05) is 50.0 Å². The number of likely N-dealkylation sites (tertiary alicyclic amines) is 1. The van der Waals surface area contributed by atoms with E-state index in [-0.39, 0.29) is 36.7 Å². The van der Waals surface area contributed by atoms with E-state index in [4.69, 9.17) is 11.1 Å². The lowest BCUT2D eigenvalue weighted by atomic mass is 10.0. The van der Waals surface area contributed by atoms with Crippen LogP contribution < -0.4 is 10.6 Å². The quantitative estimate of drug-likeness (QED) is 0.459. The lowest BCUT2D eigenvalue weighted by Crippen LogP contribution is -2.51. The maximum Gasteiger partial charge on any atom is 0.324 e. The Kier molecular flexibility index (Phi) is 10.5. The molecule has 180 valence electrons. The maximum absolute atomic E-state index is 13.5. The minimum Gasteiger partial charge on any atom is -0.384 e. The number of carbonyl (C=O) groups excluding carboxylic acids is 1. The molecule has 2 amide bonds. The maximum atomic E-state index is 13.5. The first-order valence-electron chi connectivity index (χ1n) is 11.4. The van der Waals surface area contributed by atoms with Gasteiger partial charge in [-0.3, -0.25) is 10.3 Å². The molecule has 33 heavy (non-hydrogen) atoms. The van der Waals surface area contributed by atoms with E-state index in [2.05, 4.69) is 40.1 Å². The van der Waals surface area contributed by atoms with Gasteiger partial charge in [0.15, 0.2) is 0 Å². The highest BCUT2D eigenvalue weighted by Gasteiger charge is 2.32. The summed E-state index contributed by atoms with van der Waals surface area (Å²) in [5, 5.41) is 7.71. The molecule has 2 aliphatic rings. The molecule has 0 aromatic heterocycles. The second-order valence-electron chi connectivity index (χ2n) is 8.61. The van der Waals surface area contributed by atoms with Crippen LogP contribution in [0.1, 0.15) is 36.8 Å². The summed E-state index contributed by atoms with van der Waals surface area (Å²) >= 11 is 0. The number of carbonyl (C=O) groups is 1. The Morgan fingerprint density at radius 1 is 0.939 bits per heavy atom. The first-order valence-corrected chi connectivity index (χ1v) is 11.4. The van der Waals surface area contributed by atoms with Crippen molar-refractivity contribution < 1.29 is 4.79 Å². The number of hydrogen-bond donors (Lipinski definition) is 2. The van der Waals surface area contributed by atoms with Crippen LogP contribution in [-0.4, -0.2) is 60.4 Å². The number of nitrogens with two attached hydrogens (primary N) is 1. The van der Waals surface area contributed by atoms with Crippen LogP contribution in [0.4, 0.5) is 10.5 Å². The van der Waals surface area contributed by atoms with E-state index in [1.807, 2.05) is 29.2 Å². The second-order valence-corrected chi connectivity index (χ2v) is 8.61. The third kappa shape index (κ3) is 6.85. The molecule has 3 N–H and O–H groups in total. The number of halogens is 2. The van der Waals surface area contributed by atoms with Gasteiger partial charge in [-0.2, -0.15) is 0 Å². The van der Waals surface area contributed by atoms with Gasteiger partial charge in [-0.1, -0.05) is 42.5 Å². The average molecular weight is 492 g/mol. The van der Waals surface area contributed by atoms with Crippen molar-refractivity contribution in [1.29, 1.82) is 5.41 Å². The van der Waals surface area contributed by atoms with Gasteiger partial charge in [0.2, 0.25) is 0 Å². The molecule has 2 heterocycles. The summed E-state index contributed by atoms with van der Waals surface area (Å²) in [5.74, 6) is 0.0313. The largest absolute Gasteiger partial charge is 0.384 e. The topological polar surface area (TPSA) is 76.7 Å². The van der Waals surface area contributed by atoms with Crippen molar-refractivity contribution >= 4 is 42.4 Å². The van der Waals surface area contributed by atoms with Crippen LogP contribution in [0.3, 0.4) is 0 Å². The molecule has 2 aromatic carbocycles. The molecule has 0 radical (unpaired) electrons. The Balaban J connectivity index is 0.00000193. The highest BCUT2D eigenvalue weighted by molar-refractivity contribution is 5.98. The number of nitrogen functional groups attached to an aromatic ring is 1. The third-order valence-corrected chi connectivity index (χ3v) is 6.53. The smallest absolute Gasteiger partial charge is 0.324 e. The van der Waals surface area contributed by atoms with Crippen LogP contribution in [0.5, 0.6) is 0 Å². The van der Waals surface area contributed by atoms with Gasteiger partial charge in [-0.25, -0.2) is 4.79 Å². The van der Waals surface area contributed by atoms with Crippen LogP contribution in [0.15, 0.2) is 54.6 Å². The van der Waals surface area contributed by atoms with Gasteiger partial charge < -0.3 is 15.5 Å². The predicted molar refractivity (Wildman–Crippen MR) is 140 cm³/mol. The van der Waals surface area contributed by atoms with Gasteiger partial charge in [0.1, 0.15) is 5.84 Å². The highest BCUT2D eigenvalue weighted by atomic mass is 35.5. The first kappa shape index (κ1) is 27.0. The van der Waals surface area contributed by atoms with Crippen molar-refractivity contribution in [3.8, 4) is 0 Å².